The van der Waals surface area contributed by atoms with Crippen molar-refractivity contribution in [1.82, 2.24) is 9.62 Å². The summed E-state index contributed by atoms with van der Waals surface area (Å²) in [5.74, 6) is 0.479. The zero-order valence-corrected chi connectivity index (χ0v) is 18.3. The molecule has 5 nitrogen and oxygen atoms in total. The number of aryl methyl sites for hydroxylation is 1. The number of piperidine rings is 1. The van der Waals surface area contributed by atoms with E-state index >= 15 is 0 Å². The molecule has 1 saturated heterocycles. The number of nitrogens with zero attached hydrogens (tertiary/aromatic N) is 1. The standard InChI is InChI=1S/C24H30N2O3S/c1-18-5-9-20(10-6-18)24(21-11-12-21)25-23(27)17-19-7-13-22(14-8-19)30(28,29)26-15-3-2-4-16-26/h5-10,13-14,21,24H,2-4,11-12,15-17H2,1H3,(H,25,27). The molecule has 1 unspecified atom stereocenters. The Kier molecular flexibility index (Phi) is 6.25. The lowest BCUT2D eigenvalue weighted by atomic mass is 10.0. The van der Waals surface area contributed by atoms with Crippen molar-refractivity contribution in [2.45, 2.75) is 56.4 Å². The number of benzene rings is 2. The minimum atomic E-state index is -3.44. The fourth-order valence-electron chi connectivity index (χ4n) is 4.12. The zero-order chi connectivity index (χ0) is 21.1. The van der Waals surface area contributed by atoms with Crippen molar-refractivity contribution in [3.05, 3.63) is 65.2 Å². The average molecular weight is 427 g/mol. The van der Waals surface area contributed by atoms with Crippen LogP contribution in [0.5, 0.6) is 0 Å². The lowest BCUT2D eigenvalue weighted by Gasteiger charge is -2.25. The Morgan fingerprint density at radius 3 is 2.23 bits per heavy atom. The first-order chi connectivity index (χ1) is 14.4. The van der Waals surface area contributed by atoms with Crippen LogP contribution in [0.4, 0.5) is 0 Å². The molecule has 2 aromatic carbocycles. The van der Waals surface area contributed by atoms with Crippen molar-refractivity contribution < 1.29 is 13.2 Å². The van der Waals surface area contributed by atoms with Crippen LogP contribution in [-0.4, -0.2) is 31.7 Å². The molecule has 2 aliphatic rings. The van der Waals surface area contributed by atoms with Gasteiger partial charge in [-0.3, -0.25) is 4.79 Å². The molecule has 1 heterocycles. The molecule has 0 radical (unpaired) electrons. The Bertz CT molecular complexity index is 974. The Morgan fingerprint density at radius 1 is 1.00 bits per heavy atom. The minimum absolute atomic E-state index is 0.0286. The third-order valence-corrected chi connectivity index (χ3v) is 8.00. The Balaban J connectivity index is 1.40. The second-order valence-electron chi connectivity index (χ2n) is 8.58. The van der Waals surface area contributed by atoms with E-state index in [0.29, 0.717) is 23.9 Å². The summed E-state index contributed by atoms with van der Waals surface area (Å²) >= 11 is 0. The monoisotopic (exact) mass is 426 g/mol. The van der Waals surface area contributed by atoms with Gasteiger partial charge in [0.2, 0.25) is 15.9 Å². The second kappa shape index (κ2) is 8.90. The van der Waals surface area contributed by atoms with Crippen LogP contribution in [0.15, 0.2) is 53.4 Å². The van der Waals surface area contributed by atoms with Crippen LogP contribution in [0.3, 0.4) is 0 Å². The first-order valence-electron chi connectivity index (χ1n) is 10.9. The number of rotatable bonds is 7. The van der Waals surface area contributed by atoms with Gasteiger partial charge < -0.3 is 5.32 Å². The van der Waals surface area contributed by atoms with Crippen LogP contribution in [0.1, 0.15) is 54.8 Å². The van der Waals surface area contributed by atoms with Crippen molar-refractivity contribution in [1.29, 1.82) is 0 Å². The molecular formula is C24H30N2O3S. The van der Waals surface area contributed by atoms with Crippen molar-refractivity contribution in [2.75, 3.05) is 13.1 Å². The van der Waals surface area contributed by atoms with E-state index in [1.165, 1.54) is 5.56 Å². The molecule has 6 heteroatoms. The number of nitrogens with one attached hydrogen (secondary N) is 1. The Labute approximate surface area is 179 Å². The number of hydrogen-bond acceptors (Lipinski definition) is 3. The molecule has 0 aromatic heterocycles. The SMILES string of the molecule is Cc1ccc(C(NC(=O)Cc2ccc(S(=O)(=O)N3CCCCC3)cc2)C2CC2)cc1. The van der Waals surface area contributed by atoms with Gasteiger partial charge in [0.25, 0.3) is 0 Å². The van der Waals surface area contributed by atoms with Crippen LogP contribution in [0, 0.1) is 12.8 Å². The van der Waals surface area contributed by atoms with Crippen LogP contribution in [0.25, 0.3) is 0 Å². The van der Waals surface area contributed by atoms with Crippen LogP contribution < -0.4 is 5.32 Å². The van der Waals surface area contributed by atoms with E-state index in [1.54, 1.807) is 28.6 Å². The summed E-state index contributed by atoms with van der Waals surface area (Å²) in [6.07, 6.45) is 5.45. The molecule has 30 heavy (non-hydrogen) atoms. The van der Waals surface area contributed by atoms with Crippen molar-refractivity contribution in [2.24, 2.45) is 5.92 Å². The fraction of sp³-hybridized carbons (Fsp3) is 0.458. The molecule has 1 saturated carbocycles. The molecule has 160 valence electrons. The first-order valence-corrected chi connectivity index (χ1v) is 12.3. The molecular weight excluding hydrogens is 396 g/mol. The lowest BCUT2D eigenvalue weighted by Crippen LogP contribution is -2.35. The van der Waals surface area contributed by atoms with E-state index in [9.17, 15) is 13.2 Å². The fourth-order valence-corrected chi connectivity index (χ4v) is 5.64. The third-order valence-electron chi connectivity index (χ3n) is 6.09. The highest BCUT2D eigenvalue weighted by Gasteiger charge is 2.33. The van der Waals surface area contributed by atoms with Crippen LogP contribution >= 0.6 is 0 Å². The maximum Gasteiger partial charge on any atom is 0.243 e. The maximum atomic E-state index is 12.8. The van der Waals surface area contributed by atoms with Gasteiger partial charge in [-0.1, -0.05) is 48.4 Å². The highest BCUT2D eigenvalue weighted by atomic mass is 32.2. The van der Waals surface area contributed by atoms with Gasteiger partial charge in [-0.25, -0.2) is 8.42 Å². The summed E-state index contributed by atoms with van der Waals surface area (Å²) in [6, 6.07) is 15.2. The quantitative estimate of drug-likeness (QED) is 0.728. The Hall–Kier alpha value is -2.18. The molecule has 1 aliphatic heterocycles. The van der Waals surface area contributed by atoms with Gasteiger partial charge in [0.15, 0.2) is 0 Å². The van der Waals surface area contributed by atoms with E-state index in [2.05, 4.69) is 36.5 Å². The second-order valence-corrected chi connectivity index (χ2v) is 10.5. The van der Waals surface area contributed by atoms with E-state index < -0.39 is 10.0 Å². The van der Waals surface area contributed by atoms with Gasteiger partial charge in [0, 0.05) is 13.1 Å². The first kappa shape index (κ1) is 21.1. The zero-order valence-electron chi connectivity index (χ0n) is 17.5. The predicted molar refractivity (Wildman–Crippen MR) is 118 cm³/mol. The third kappa shape index (κ3) is 4.93. The largest absolute Gasteiger partial charge is 0.349 e. The number of hydrogen-bond donors (Lipinski definition) is 1. The number of carbonyl (C=O) groups is 1. The minimum Gasteiger partial charge on any atom is -0.349 e. The van der Waals surface area contributed by atoms with E-state index in [0.717, 1.165) is 43.2 Å². The molecule has 2 fully saturated rings. The molecule has 0 bridgehead atoms. The molecule has 0 spiro atoms. The average Bonchev–Trinajstić information content (AvgIpc) is 3.59. The predicted octanol–water partition coefficient (Wildman–Crippen LogP) is 3.98. The number of amides is 1. The van der Waals surface area contributed by atoms with Gasteiger partial charge >= 0.3 is 0 Å². The van der Waals surface area contributed by atoms with Crippen molar-refractivity contribution in [3.63, 3.8) is 0 Å². The summed E-state index contributed by atoms with van der Waals surface area (Å²) in [6.45, 7) is 3.24. The van der Waals surface area contributed by atoms with Gasteiger partial charge in [-0.15, -0.1) is 0 Å². The molecule has 1 aliphatic carbocycles. The highest BCUT2D eigenvalue weighted by Crippen LogP contribution is 2.41. The normalized spacial score (nSPS) is 18.7. The van der Waals surface area contributed by atoms with E-state index in [1.807, 2.05) is 0 Å². The van der Waals surface area contributed by atoms with E-state index in [4.69, 9.17) is 0 Å². The summed E-state index contributed by atoms with van der Waals surface area (Å²) in [4.78, 5) is 13.0. The number of carbonyl (C=O) groups excluding carboxylic acids is 1. The topological polar surface area (TPSA) is 66.5 Å². The molecule has 1 amide bonds. The molecule has 4 rings (SSSR count). The summed E-state index contributed by atoms with van der Waals surface area (Å²) in [7, 11) is -3.44. The Morgan fingerprint density at radius 2 is 1.63 bits per heavy atom. The van der Waals surface area contributed by atoms with Crippen LogP contribution in [-0.2, 0) is 21.2 Å². The summed E-state index contributed by atoms with van der Waals surface area (Å²) in [5, 5.41) is 3.19. The van der Waals surface area contributed by atoms with Crippen molar-refractivity contribution >= 4 is 15.9 Å². The highest BCUT2D eigenvalue weighted by molar-refractivity contribution is 7.89. The summed E-state index contributed by atoms with van der Waals surface area (Å²) in [5.41, 5.74) is 3.18. The maximum absolute atomic E-state index is 12.8. The lowest BCUT2D eigenvalue weighted by molar-refractivity contribution is -0.121. The van der Waals surface area contributed by atoms with Gasteiger partial charge in [-0.05, 0) is 61.8 Å². The van der Waals surface area contributed by atoms with Gasteiger partial charge in [-0.2, -0.15) is 4.31 Å². The number of sulfonamides is 1. The smallest absolute Gasteiger partial charge is 0.243 e. The molecule has 2 aromatic rings. The van der Waals surface area contributed by atoms with Crippen LogP contribution in [0.2, 0.25) is 0 Å². The molecule has 1 atom stereocenters. The van der Waals surface area contributed by atoms with Gasteiger partial charge in [0.1, 0.15) is 0 Å². The van der Waals surface area contributed by atoms with E-state index in [-0.39, 0.29) is 18.4 Å². The van der Waals surface area contributed by atoms with Gasteiger partial charge in [0.05, 0.1) is 17.4 Å². The van der Waals surface area contributed by atoms with Crippen molar-refractivity contribution in [3.8, 4) is 0 Å². The summed E-state index contributed by atoms with van der Waals surface area (Å²) < 4.78 is 27.1. The molecule has 1 N–H and O–H groups in total.